The van der Waals surface area contributed by atoms with E-state index in [4.69, 9.17) is 9.47 Å². The van der Waals surface area contributed by atoms with Crippen LogP contribution in [0.2, 0.25) is 0 Å². The van der Waals surface area contributed by atoms with Gasteiger partial charge >= 0.3 is 0 Å². The summed E-state index contributed by atoms with van der Waals surface area (Å²) in [4.78, 5) is 36.9. The van der Waals surface area contributed by atoms with Crippen molar-refractivity contribution in [3.63, 3.8) is 0 Å². The molecule has 8 heteroatoms. The summed E-state index contributed by atoms with van der Waals surface area (Å²) in [6.07, 6.45) is 7.34. The fourth-order valence-corrected chi connectivity index (χ4v) is 4.17. The number of rotatable bonds is 4. The van der Waals surface area contributed by atoms with Gasteiger partial charge in [-0.2, -0.15) is 0 Å². The lowest BCUT2D eigenvalue weighted by molar-refractivity contribution is -0.148. The molecule has 8 nitrogen and oxygen atoms in total. The predicted octanol–water partition coefficient (Wildman–Crippen LogP) is 0.274. The third-order valence-corrected chi connectivity index (χ3v) is 5.74. The number of carbonyl (C=O) groups is 2. The van der Waals surface area contributed by atoms with Crippen molar-refractivity contribution in [3.05, 3.63) is 24.3 Å². The smallest absolute Gasteiger partial charge is 0.251 e. The number of aryl methyl sites for hydroxylation is 1. The second kappa shape index (κ2) is 8.31. The molecule has 0 N–H and O–H groups in total. The first-order valence-corrected chi connectivity index (χ1v) is 9.74. The number of amides is 2. The quantitative estimate of drug-likeness (QED) is 0.752. The van der Waals surface area contributed by atoms with E-state index < -0.39 is 0 Å². The molecule has 4 rings (SSSR count). The Morgan fingerprint density at radius 3 is 2.67 bits per heavy atom. The minimum atomic E-state index is -0.366. The third kappa shape index (κ3) is 4.27. The van der Waals surface area contributed by atoms with Gasteiger partial charge in [0, 0.05) is 45.0 Å². The van der Waals surface area contributed by atoms with Gasteiger partial charge in [-0.1, -0.05) is 0 Å². The van der Waals surface area contributed by atoms with E-state index in [-0.39, 0.29) is 24.0 Å². The second-order valence-electron chi connectivity index (χ2n) is 7.47. The number of likely N-dealkylation sites (tertiary alicyclic amines) is 1. The summed E-state index contributed by atoms with van der Waals surface area (Å²) >= 11 is 0. The normalized spacial score (nSPS) is 28.1. The fraction of sp³-hybridized carbons (Fsp3) is 0.684. The van der Waals surface area contributed by atoms with E-state index in [9.17, 15) is 9.59 Å². The standard InChI is InChI=1S/C19H26N4O4/c24-18(2-1-14-10-20-13-21-11-14)23-4-3-15-9-16(27-17(15)12-23)19(25)22-5-7-26-8-6-22/h10-11,13,15-17H,1-9,12H2/t15-,16+,17-/m0/s1. The molecule has 0 bridgehead atoms. The molecule has 3 saturated heterocycles. The third-order valence-electron chi connectivity index (χ3n) is 5.74. The van der Waals surface area contributed by atoms with Gasteiger partial charge in [0.1, 0.15) is 12.4 Å². The highest BCUT2D eigenvalue weighted by Gasteiger charge is 2.43. The summed E-state index contributed by atoms with van der Waals surface area (Å²) in [5.74, 6) is 0.574. The molecule has 0 unspecified atom stereocenters. The second-order valence-corrected chi connectivity index (χ2v) is 7.47. The van der Waals surface area contributed by atoms with Gasteiger partial charge in [-0.15, -0.1) is 0 Å². The molecular formula is C19H26N4O4. The first-order valence-electron chi connectivity index (χ1n) is 9.74. The van der Waals surface area contributed by atoms with Crippen molar-refractivity contribution in [2.24, 2.45) is 5.92 Å². The van der Waals surface area contributed by atoms with Gasteiger partial charge in [0.25, 0.3) is 5.91 Å². The van der Waals surface area contributed by atoms with E-state index in [0.717, 1.165) is 24.9 Å². The van der Waals surface area contributed by atoms with E-state index in [1.165, 1.54) is 6.33 Å². The molecule has 0 saturated carbocycles. The van der Waals surface area contributed by atoms with Crippen LogP contribution in [0, 0.1) is 5.92 Å². The maximum Gasteiger partial charge on any atom is 0.251 e. The molecule has 0 radical (unpaired) electrons. The first kappa shape index (κ1) is 18.3. The van der Waals surface area contributed by atoms with Gasteiger partial charge in [0.2, 0.25) is 5.91 Å². The lowest BCUT2D eigenvalue weighted by Gasteiger charge is -2.34. The number of hydrogen-bond donors (Lipinski definition) is 0. The average molecular weight is 374 g/mol. The van der Waals surface area contributed by atoms with Gasteiger partial charge in [-0.05, 0) is 30.7 Å². The summed E-state index contributed by atoms with van der Waals surface area (Å²) in [5, 5.41) is 0. The number of aromatic nitrogens is 2. The van der Waals surface area contributed by atoms with E-state index in [1.807, 2.05) is 9.80 Å². The van der Waals surface area contributed by atoms with Gasteiger partial charge < -0.3 is 19.3 Å². The minimum Gasteiger partial charge on any atom is -0.378 e. The Morgan fingerprint density at radius 1 is 1.11 bits per heavy atom. The molecule has 3 fully saturated rings. The fourth-order valence-electron chi connectivity index (χ4n) is 4.17. The monoisotopic (exact) mass is 374 g/mol. The average Bonchev–Trinajstić information content (AvgIpc) is 3.16. The summed E-state index contributed by atoms with van der Waals surface area (Å²) in [7, 11) is 0. The van der Waals surface area contributed by atoms with E-state index >= 15 is 0 Å². The van der Waals surface area contributed by atoms with Crippen LogP contribution in [0.15, 0.2) is 18.7 Å². The summed E-state index contributed by atoms with van der Waals surface area (Å²) < 4.78 is 11.4. The van der Waals surface area contributed by atoms with Crippen LogP contribution >= 0.6 is 0 Å². The maximum atomic E-state index is 12.7. The highest BCUT2D eigenvalue weighted by Crippen LogP contribution is 2.34. The molecule has 27 heavy (non-hydrogen) atoms. The van der Waals surface area contributed by atoms with E-state index in [1.54, 1.807) is 12.4 Å². The molecule has 3 atom stereocenters. The van der Waals surface area contributed by atoms with Crippen LogP contribution in [0.4, 0.5) is 0 Å². The van der Waals surface area contributed by atoms with Crippen molar-refractivity contribution in [2.75, 3.05) is 39.4 Å². The Bertz CT molecular complexity index is 665. The molecule has 0 spiro atoms. The van der Waals surface area contributed by atoms with Crippen LogP contribution in [0.25, 0.3) is 0 Å². The van der Waals surface area contributed by atoms with Crippen molar-refractivity contribution in [1.82, 2.24) is 19.8 Å². The van der Waals surface area contributed by atoms with Crippen molar-refractivity contribution < 1.29 is 19.1 Å². The number of nitrogens with zero attached hydrogens (tertiary/aromatic N) is 4. The maximum absolute atomic E-state index is 12.7. The van der Waals surface area contributed by atoms with Crippen LogP contribution < -0.4 is 0 Å². The molecule has 1 aromatic heterocycles. The SMILES string of the molecule is O=C(CCc1cncnc1)N1CC[C@H]2C[C@H](C(=O)N3CCOCC3)O[C@H]2C1. The van der Waals surface area contributed by atoms with Crippen molar-refractivity contribution >= 4 is 11.8 Å². The van der Waals surface area contributed by atoms with Gasteiger partial charge in [-0.3, -0.25) is 9.59 Å². The summed E-state index contributed by atoms with van der Waals surface area (Å²) in [6, 6.07) is 0. The molecule has 2 amide bonds. The lowest BCUT2D eigenvalue weighted by atomic mass is 9.91. The summed E-state index contributed by atoms with van der Waals surface area (Å²) in [6.45, 7) is 3.80. The van der Waals surface area contributed by atoms with E-state index in [0.29, 0.717) is 51.6 Å². The molecule has 4 heterocycles. The molecule has 0 aliphatic carbocycles. The molecule has 146 valence electrons. The Hall–Kier alpha value is -2.06. The predicted molar refractivity (Wildman–Crippen MR) is 95.7 cm³/mol. The summed E-state index contributed by atoms with van der Waals surface area (Å²) in [5.41, 5.74) is 0.967. The Morgan fingerprint density at radius 2 is 1.89 bits per heavy atom. The molecule has 0 aromatic carbocycles. The largest absolute Gasteiger partial charge is 0.378 e. The van der Waals surface area contributed by atoms with Gasteiger partial charge in [-0.25, -0.2) is 9.97 Å². The van der Waals surface area contributed by atoms with Crippen LogP contribution in [0.5, 0.6) is 0 Å². The van der Waals surface area contributed by atoms with Crippen molar-refractivity contribution in [3.8, 4) is 0 Å². The zero-order chi connectivity index (χ0) is 18.6. The molecule has 3 aliphatic rings. The van der Waals surface area contributed by atoms with Crippen molar-refractivity contribution in [1.29, 1.82) is 0 Å². The number of piperidine rings is 1. The Labute approximate surface area is 158 Å². The molecule has 1 aromatic rings. The highest BCUT2D eigenvalue weighted by molar-refractivity contribution is 5.81. The highest BCUT2D eigenvalue weighted by atomic mass is 16.5. The first-order chi connectivity index (χ1) is 13.2. The number of ether oxygens (including phenoxy) is 2. The number of carbonyl (C=O) groups excluding carboxylic acids is 2. The van der Waals surface area contributed by atoms with Crippen LogP contribution in [-0.4, -0.2) is 83.2 Å². The van der Waals surface area contributed by atoms with Gasteiger partial charge in [0.15, 0.2) is 0 Å². The molecular weight excluding hydrogens is 348 g/mol. The van der Waals surface area contributed by atoms with Crippen LogP contribution in [-0.2, 0) is 25.5 Å². The van der Waals surface area contributed by atoms with Gasteiger partial charge in [0.05, 0.1) is 19.3 Å². The van der Waals surface area contributed by atoms with Crippen LogP contribution in [0.3, 0.4) is 0 Å². The zero-order valence-corrected chi connectivity index (χ0v) is 15.5. The lowest BCUT2D eigenvalue weighted by Crippen LogP contribution is -2.46. The zero-order valence-electron chi connectivity index (χ0n) is 15.5. The number of hydrogen-bond acceptors (Lipinski definition) is 6. The topological polar surface area (TPSA) is 84.9 Å². The van der Waals surface area contributed by atoms with E-state index in [2.05, 4.69) is 9.97 Å². The van der Waals surface area contributed by atoms with Crippen molar-refractivity contribution in [2.45, 2.75) is 37.9 Å². The Balaban J connectivity index is 1.28. The Kier molecular flexibility index (Phi) is 5.63. The molecule has 3 aliphatic heterocycles. The number of fused-ring (bicyclic) bond motifs is 1. The van der Waals surface area contributed by atoms with Crippen LogP contribution in [0.1, 0.15) is 24.8 Å². The minimum absolute atomic E-state index is 0.0299. The number of morpholine rings is 1.